The number of ether oxygens (including phenoxy) is 1. The van der Waals surface area contributed by atoms with Gasteiger partial charge < -0.3 is 10.1 Å². The third kappa shape index (κ3) is 3.83. The molecule has 1 heterocycles. The zero-order chi connectivity index (χ0) is 21.3. The van der Waals surface area contributed by atoms with Gasteiger partial charge in [-0.3, -0.25) is 4.79 Å². The molecule has 0 spiro atoms. The average molecular weight is 513 g/mol. The largest absolute Gasteiger partial charge is 0.463 e. The van der Waals surface area contributed by atoms with Crippen LogP contribution < -0.4 is 5.32 Å². The highest BCUT2D eigenvalue weighted by atomic mass is 127. The Morgan fingerprint density at radius 2 is 1.80 bits per heavy atom. The lowest BCUT2D eigenvalue weighted by Gasteiger charge is -2.37. The fourth-order valence-corrected chi connectivity index (χ4v) is 5.20. The van der Waals surface area contributed by atoms with Crippen molar-refractivity contribution < 1.29 is 14.3 Å². The van der Waals surface area contributed by atoms with Gasteiger partial charge in [0.15, 0.2) is 5.78 Å². The highest BCUT2D eigenvalue weighted by molar-refractivity contribution is 14.1. The lowest BCUT2D eigenvalue weighted by molar-refractivity contribution is -0.138. The van der Waals surface area contributed by atoms with Crippen LogP contribution in [-0.4, -0.2) is 18.4 Å². The van der Waals surface area contributed by atoms with Gasteiger partial charge in [-0.25, -0.2) is 4.79 Å². The van der Waals surface area contributed by atoms with Crippen LogP contribution in [-0.2, 0) is 14.3 Å². The fourth-order valence-electron chi connectivity index (χ4n) is 4.50. The second kappa shape index (κ2) is 8.76. The molecule has 154 valence electrons. The maximum Gasteiger partial charge on any atom is 0.336 e. The standard InChI is InChI=1S/C25H24INO3/c1-3-30-25(29)22-15(2)27-20-13-17(16-9-5-4-6-10-16)14-21(28)24(20)23(22)18-11-7-8-12-19(18)26/h4-12,17,23,27H,3,13-14H2,1-2H3/t17-,23+/m1/s1. The van der Waals surface area contributed by atoms with Gasteiger partial charge in [0, 0.05) is 32.9 Å². The number of carbonyl (C=O) groups excluding carboxylic acids is 2. The van der Waals surface area contributed by atoms with Gasteiger partial charge in [-0.2, -0.15) is 0 Å². The lowest BCUT2D eigenvalue weighted by atomic mass is 9.72. The van der Waals surface area contributed by atoms with Crippen LogP contribution in [0.25, 0.3) is 0 Å². The Labute approximate surface area is 190 Å². The second-order valence-electron chi connectivity index (χ2n) is 7.67. The maximum absolute atomic E-state index is 13.5. The molecule has 1 N–H and O–H groups in total. The first-order chi connectivity index (χ1) is 14.5. The molecule has 5 heteroatoms. The molecule has 2 aromatic rings. The predicted molar refractivity (Wildman–Crippen MR) is 125 cm³/mol. The molecule has 0 saturated carbocycles. The van der Waals surface area contributed by atoms with E-state index < -0.39 is 5.92 Å². The molecule has 0 saturated heterocycles. The summed E-state index contributed by atoms with van der Waals surface area (Å²) in [6.45, 7) is 3.99. The number of rotatable bonds is 4. The molecule has 0 bridgehead atoms. The summed E-state index contributed by atoms with van der Waals surface area (Å²) >= 11 is 2.28. The number of Topliss-reactive ketones (excluding diaryl/α,β-unsaturated/α-hetero) is 1. The molecule has 30 heavy (non-hydrogen) atoms. The molecule has 2 atom stereocenters. The van der Waals surface area contributed by atoms with E-state index in [-0.39, 0.29) is 17.7 Å². The number of hydrogen-bond acceptors (Lipinski definition) is 4. The SMILES string of the molecule is CCOC(=O)C1=C(C)NC2=C(C(=O)C[C@H](c3ccccc3)C2)[C@H]1c1ccccc1I. The minimum atomic E-state index is -0.405. The number of ketones is 1. The number of allylic oxidation sites excluding steroid dienone is 3. The van der Waals surface area contributed by atoms with Crippen molar-refractivity contribution in [1.29, 1.82) is 0 Å². The zero-order valence-electron chi connectivity index (χ0n) is 17.1. The van der Waals surface area contributed by atoms with Crippen LogP contribution in [0.3, 0.4) is 0 Å². The molecule has 2 aliphatic rings. The first-order valence-corrected chi connectivity index (χ1v) is 11.3. The smallest absolute Gasteiger partial charge is 0.336 e. The maximum atomic E-state index is 13.5. The Balaban J connectivity index is 1.82. The van der Waals surface area contributed by atoms with Gasteiger partial charge in [0.05, 0.1) is 12.2 Å². The van der Waals surface area contributed by atoms with Gasteiger partial charge >= 0.3 is 5.97 Å². The van der Waals surface area contributed by atoms with Gasteiger partial charge in [-0.1, -0.05) is 48.5 Å². The summed E-state index contributed by atoms with van der Waals surface area (Å²) in [7, 11) is 0. The molecule has 1 aliphatic heterocycles. The van der Waals surface area contributed by atoms with Crippen molar-refractivity contribution >= 4 is 34.3 Å². The molecule has 4 rings (SSSR count). The second-order valence-corrected chi connectivity index (χ2v) is 8.83. The number of benzene rings is 2. The monoisotopic (exact) mass is 513 g/mol. The highest BCUT2D eigenvalue weighted by Gasteiger charge is 2.41. The molecule has 0 aromatic heterocycles. The first kappa shape index (κ1) is 20.8. The van der Waals surface area contributed by atoms with Crippen LogP contribution in [0.15, 0.2) is 77.1 Å². The van der Waals surface area contributed by atoms with E-state index in [4.69, 9.17) is 4.74 Å². The van der Waals surface area contributed by atoms with Crippen LogP contribution in [0.5, 0.6) is 0 Å². The van der Waals surface area contributed by atoms with Crippen molar-refractivity contribution in [1.82, 2.24) is 5.32 Å². The quantitative estimate of drug-likeness (QED) is 0.450. The van der Waals surface area contributed by atoms with Gasteiger partial charge in [-0.15, -0.1) is 0 Å². The molecular formula is C25H24INO3. The predicted octanol–water partition coefficient (Wildman–Crippen LogP) is 5.22. The van der Waals surface area contributed by atoms with Crippen molar-refractivity contribution in [3.63, 3.8) is 0 Å². The van der Waals surface area contributed by atoms with Crippen molar-refractivity contribution in [2.24, 2.45) is 0 Å². The normalized spacial score (nSPS) is 21.2. The Morgan fingerprint density at radius 3 is 2.50 bits per heavy atom. The summed E-state index contributed by atoms with van der Waals surface area (Å²) < 4.78 is 6.40. The van der Waals surface area contributed by atoms with Crippen molar-refractivity contribution in [3.8, 4) is 0 Å². The zero-order valence-corrected chi connectivity index (χ0v) is 19.2. The molecule has 1 aliphatic carbocycles. The van der Waals surface area contributed by atoms with Crippen LogP contribution in [0.1, 0.15) is 49.7 Å². The summed E-state index contributed by atoms with van der Waals surface area (Å²) in [6, 6.07) is 18.1. The highest BCUT2D eigenvalue weighted by Crippen LogP contribution is 2.46. The topological polar surface area (TPSA) is 55.4 Å². The van der Waals surface area contributed by atoms with Gasteiger partial charge in [0.2, 0.25) is 0 Å². The number of halogens is 1. The van der Waals surface area contributed by atoms with E-state index in [1.54, 1.807) is 6.92 Å². The van der Waals surface area contributed by atoms with Crippen LogP contribution in [0, 0.1) is 3.57 Å². The lowest BCUT2D eigenvalue weighted by Crippen LogP contribution is -2.36. The van der Waals surface area contributed by atoms with E-state index in [9.17, 15) is 9.59 Å². The number of hydrogen-bond donors (Lipinski definition) is 1. The number of dihydropyridines is 1. The third-order valence-electron chi connectivity index (χ3n) is 5.81. The van der Waals surface area contributed by atoms with E-state index in [2.05, 4.69) is 40.0 Å². The minimum absolute atomic E-state index is 0.0940. The molecule has 0 fully saturated rings. The van der Waals surface area contributed by atoms with Crippen molar-refractivity contribution in [2.45, 2.75) is 38.5 Å². The third-order valence-corrected chi connectivity index (χ3v) is 6.79. The molecule has 0 amide bonds. The van der Waals surface area contributed by atoms with Crippen LogP contribution in [0.2, 0.25) is 0 Å². The summed E-state index contributed by atoms with van der Waals surface area (Å²) in [5, 5.41) is 3.39. The minimum Gasteiger partial charge on any atom is -0.463 e. The summed E-state index contributed by atoms with van der Waals surface area (Å²) in [5.74, 6) is -0.539. The van der Waals surface area contributed by atoms with Gasteiger partial charge in [-0.05, 0) is 66.0 Å². The Bertz CT molecular complexity index is 1060. The van der Waals surface area contributed by atoms with Gasteiger partial charge in [0.1, 0.15) is 0 Å². The molecule has 0 unspecified atom stereocenters. The van der Waals surface area contributed by atoms with E-state index >= 15 is 0 Å². The van der Waals surface area contributed by atoms with Crippen molar-refractivity contribution in [3.05, 3.63) is 91.8 Å². The van der Waals surface area contributed by atoms with E-state index in [1.807, 2.05) is 49.4 Å². The summed E-state index contributed by atoms with van der Waals surface area (Å²) in [4.78, 5) is 26.4. The van der Waals surface area contributed by atoms with Gasteiger partial charge in [0.25, 0.3) is 0 Å². The number of carbonyl (C=O) groups is 2. The van der Waals surface area contributed by atoms with E-state index in [0.717, 1.165) is 26.9 Å². The molecule has 2 aromatic carbocycles. The van der Waals surface area contributed by atoms with Crippen molar-refractivity contribution in [2.75, 3.05) is 6.61 Å². The van der Waals surface area contributed by atoms with E-state index in [1.165, 1.54) is 5.56 Å². The number of nitrogens with one attached hydrogen (secondary N) is 1. The fraction of sp³-hybridized carbons (Fsp3) is 0.280. The Morgan fingerprint density at radius 1 is 1.10 bits per heavy atom. The number of esters is 1. The average Bonchev–Trinajstić information content (AvgIpc) is 2.74. The molecule has 4 nitrogen and oxygen atoms in total. The Kier molecular flexibility index (Phi) is 6.09. The molecule has 0 radical (unpaired) electrons. The summed E-state index contributed by atoms with van der Waals surface area (Å²) in [5.41, 5.74) is 5.07. The molecular weight excluding hydrogens is 489 g/mol. The van der Waals surface area contributed by atoms with E-state index in [0.29, 0.717) is 24.2 Å². The van der Waals surface area contributed by atoms with Crippen LogP contribution >= 0.6 is 22.6 Å². The summed E-state index contributed by atoms with van der Waals surface area (Å²) in [6.07, 6.45) is 1.19. The first-order valence-electron chi connectivity index (χ1n) is 10.2. The Hall–Kier alpha value is -2.41. The van der Waals surface area contributed by atoms with Crippen LogP contribution in [0.4, 0.5) is 0 Å².